The first-order valence-corrected chi connectivity index (χ1v) is 10.1. The Kier molecular flexibility index (Phi) is 6.58. The van der Waals surface area contributed by atoms with Gasteiger partial charge in [0.1, 0.15) is 6.04 Å². The van der Waals surface area contributed by atoms with Crippen LogP contribution in [0.3, 0.4) is 0 Å². The van der Waals surface area contributed by atoms with Gasteiger partial charge >= 0.3 is 6.09 Å². The van der Waals surface area contributed by atoms with Crippen LogP contribution in [0.4, 0.5) is 4.79 Å². The van der Waals surface area contributed by atoms with Crippen LogP contribution >= 0.6 is 0 Å². The van der Waals surface area contributed by atoms with Gasteiger partial charge < -0.3 is 10.4 Å². The van der Waals surface area contributed by atoms with Crippen molar-refractivity contribution >= 4 is 21.8 Å². The van der Waals surface area contributed by atoms with Crippen LogP contribution in [-0.4, -0.2) is 55.3 Å². The standard InChI is InChI=1S/C17H21N3O5S/c18-11-13-5-1-2-6-14(13)12-26(24,25)10-8-19-16(21)15-7-3-4-9-20(15)17(22)23/h1-2,5-6,15H,3-4,7-10,12H2,(H,19,21)(H,22,23). The predicted octanol–water partition coefficient (Wildman–Crippen LogP) is 1.12. The number of sulfone groups is 1. The lowest BCUT2D eigenvalue weighted by molar-refractivity contribution is -0.126. The summed E-state index contributed by atoms with van der Waals surface area (Å²) in [4.78, 5) is 24.5. The van der Waals surface area contributed by atoms with E-state index in [0.717, 1.165) is 11.3 Å². The fraction of sp³-hybridized carbons (Fsp3) is 0.471. The molecule has 1 aliphatic heterocycles. The van der Waals surface area contributed by atoms with Crippen molar-refractivity contribution in [1.82, 2.24) is 10.2 Å². The minimum atomic E-state index is -3.52. The lowest BCUT2D eigenvalue weighted by Gasteiger charge is -2.32. The molecule has 1 aromatic carbocycles. The van der Waals surface area contributed by atoms with Crippen LogP contribution in [-0.2, 0) is 20.4 Å². The first kappa shape index (κ1) is 19.7. The summed E-state index contributed by atoms with van der Waals surface area (Å²) in [5.74, 6) is -1.03. The molecule has 0 aromatic heterocycles. The van der Waals surface area contributed by atoms with Crippen molar-refractivity contribution in [3.63, 3.8) is 0 Å². The Morgan fingerprint density at radius 3 is 2.73 bits per heavy atom. The quantitative estimate of drug-likeness (QED) is 0.762. The molecule has 0 spiro atoms. The molecule has 0 aliphatic carbocycles. The Hall–Kier alpha value is -2.60. The average Bonchev–Trinajstić information content (AvgIpc) is 2.61. The molecule has 1 aliphatic rings. The molecule has 9 heteroatoms. The number of piperidine rings is 1. The number of amides is 2. The fourth-order valence-electron chi connectivity index (χ4n) is 2.94. The highest BCUT2D eigenvalue weighted by molar-refractivity contribution is 7.90. The zero-order valence-electron chi connectivity index (χ0n) is 14.2. The van der Waals surface area contributed by atoms with Gasteiger partial charge in [-0.2, -0.15) is 5.26 Å². The van der Waals surface area contributed by atoms with Gasteiger partial charge in [-0.3, -0.25) is 9.69 Å². The highest BCUT2D eigenvalue weighted by Crippen LogP contribution is 2.17. The van der Waals surface area contributed by atoms with Crippen LogP contribution < -0.4 is 5.32 Å². The summed E-state index contributed by atoms with van der Waals surface area (Å²) in [5.41, 5.74) is 0.727. The highest BCUT2D eigenvalue weighted by atomic mass is 32.2. The normalized spacial score (nSPS) is 17.3. The smallest absolute Gasteiger partial charge is 0.407 e. The van der Waals surface area contributed by atoms with Gasteiger partial charge in [0.15, 0.2) is 9.84 Å². The minimum absolute atomic E-state index is 0.0974. The maximum Gasteiger partial charge on any atom is 0.407 e. The van der Waals surface area contributed by atoms with Crippen LogP contribution in [0, 0.1) is 11.3 Å². The molecule has 2 amide bonds. The van der Waals surface area contributed by atoms with Gasteiger partial charge in [-0.15, -0.1) is 0 Å². The molecule has 1 atom stereocenters. The highest BCUT2D eigenvalue weighted by Gasteiger charge is 2.31. The lowest BCUT2D eigenvalue weighted by Crippen LogP contribution is -2.52. The van der Waals surface area contributed by atoms with E-state index >= 15 is 0 Å². The Balaban J connectivity index is 1.90. The van der Waals surface area contributed by atoms with E-state index in [0.29, 0.717) is 30.5 Å². The molecule has 0 bridgehead atoms. The average molecular weight is 379 g/mol. The molecule has 2 rings (SSSR count). The Bertz CT molecular complexity index is 816. The van der Waals surface area contributed by atoms with Gasteiger partial charge in [-0.1, -0.05) is 18.2 Å². The molecule has 26 heavy (non-hydrogen) atoms. The maximum atomic E-state index is 12.2. The van der Waals surface area contributed by atoms with Gasteiger partial charge in [0.2, 0.25) is 5.91 Å². The third-order valence-electron chi connectivity index (χ3n) is 4.28. The van der Waals surface area contributed by atoms with Crippen LogP contribution in [0.1, 0.15) is 30.4 Å². The molecule has 8 nitrogen and oxygen atoms in total. The van der Waals surface area contributed by atoms with Crippen molar-refractivity contribution in [2.24, 2.45) is 0 Å². The molecule has 2 N–H and O–H groups in total. The molecular formula is C17H21N3O5S. The molecule has 0 radical (unpaired) electrons. The number of hydrogen-bond donors (Lipinski definition) is 2. The van der Waals surface area contributed by atoms with E-state index in [1.807, 2.05) is 6.07 Å². The van der Waals surface area contributed by atoms with E-state index in [9.17, 15) is 18.0 Å². The Morgan fingerprint density at radius 1 is 1.31 bits per heavy atom. The summed E-state index contributed by atoms with van der Waals surface area (Å²) in [6.45, 7) is 0.205. The summed E-state index contributed by atoms with van der Waals surface area (Å²) < 4.78 is 24.5. The maximum absolute atomic E-state index is 12.2. The zero-order valence-corrected chi connectivity index (χ0v) is 15.0. The number of carbonyl (C=O) groups is 2. The molecule has 1 saturated heterocycles. The van der Waals surface area contributed by atoms with Crippen molar-refractivity contribution in [1.29, 1.82) is 5.26 Å². The zero-order chi connectivity index (χ0) is 19.2. The number of nitrogens with one attached hydrogen (secondary N) is 1. The van der Waals surface area contributed by atoms with Crippen LogP contribution in [0.5, 0.6) is 0 Å². The van der Waals surface area contributed by atoms with E-state index in [1.54, 1.807) is 24.3 Å². The van der Waals surface area contributed by atoms with Gasteiger partial charge in [-0.05, 0) is 30.9 Å². The second-order valence-electron chi connectivity index (χ2n) is 6.14. The largest absolute Gasteiger partial charge is 0.465 e. The Labute approximate surface area is 152 Å². The molecule has 1 unspecified atom stereocenters. The Morgan fingerprint density at radius 2 is 2.04 bits per heavy atom. The van der Waals surface area contributed by atoms with E-state index in [4.69, 9.17) is 10.4 Å². The minimum Gasteiger partial charge on any atom is -0.465 e. The van der Waals surface area contributed by atoms with Gasteiger partial charge in [-0.25, -0.2) is 13.2 Å². The summed E-state index contributed by atoms with van der Waals surface area (Å²) in [7, 11) is -3.52. The molecule has 140 valence electrons. The number of rotatable bonds is 6. The van der Waals surface area contributed by atoms with E-state index in [-0.39, 0.29) is 18.1 Å². The third kappa shape index (κ3) is 5.20. The van der Waals surface area contributed by atoms with E-state index in [1.165, 1.54) is 0 Å². The van der Waals surface area contributed by atoms with Crippen molar-refractivity contribution in [2.45, 2.75) is 31.1 Å². The van der Waals surface area contributed by atoms with E-state index < -0.39 is 27.9 Å². The summed E-state index contributed by atoms with van der Waals surface area (Å²) in [5, 5.41) is 20.7. The monoisotopic (exact) mass is 379 g/mol. The fourth-order valence-corrected chi connectivity index (χ4v) is 4.23. The predicted molar refractivity (Wildman–Crippen MR) is 94.0 cm³/mol. The molecule has 1 heterocycles. The van der Waals surface area contributed by atoms with Crippen LogP contribution in [0.15, 0.2) is 24.3 Å². The van der Waals surface area contributed by atoms with Gasteiger partial charge in [0.25, 0.3) is 0 Å². The molecule has 0 saturated carbocycles. The number of nitriles is 1. The number of likely N-dealkylation sites (tertiary alicyclic amines) is 1. The molecule has 1 aromatic rings. The lowest BCUT2D eigenvalue weighted by atomic mass is 10.0. The summed E-state index contributed by atoms with van der Waals surface area (Å²) in [6.07, 6.45) is 0.750. The summed E-state index contributed by atoms with van der Waals surface area (Å²) in [6, 6.07) is 7.64. The van der Waals surface area contributed by atoms with Gasteiger partial charge in [0.05, 0.1) is 23.1 Å². The number of nitrogens with zero attached hydrogens (tertiary/aromatic N) is 2. The van der Waals surface area contributed by atoms with E-state index in [2.05, 4.69) is 5.32 Å². The first-order valence-electron chi connectivity index (χ1n) is 8.30. The second kappa shape index (κ2) is 8.67. The molecular weight excluding hydrogens is 358 g/mol. The number of carboxylic acid groups (broad SMARTS) is 1. The van der Waals surface area contributed by atoms with Crippen molar-refractivity contribution < 1.29 is 23.1 Å². The summed E-state index contributed by atoms with van der Waals surface area (Å²) >= 11 is 0. The van der Waals surface area contributed by atoms with Crippen molar-refractivity contribution in [3.05, 3.63) is 35.4 Å². The van der Waals surface area contributed by atoms with Crippen LogP contribution in [0.2, 0.25) is 0 Å². The first-order chi connectivity index (χ1) is 12.3. The molecule has 1 fully saturated rings. The van der Waals surface area contributed by atoms with Gasteiger partial charge in [0, 0.05) is 13.1 Å². The number of benzene rings is 1. The number of hydrogen-bond acceptors (Lipinski definition) is 5. The second-order valence-corrected chi connectivity index (χ2v) is 8.32. The topological polar surface area (TPSA) is 128 Å². The van der Waals surface area contributed by atoms with Crippen molar-refractivity contribution in [3.8, 4) is 6.07 Å². The SMILES string of the molecule is N#Cc1ccccc1CS(=O)(=O)CCNC(=O)C1CCCCN1C(=O)O. The van der Waals surface area contributed by atoms with Crippen LogP contribution in [0.25, 0.3) is 0 Å². The van der Waals surface area contributed by atoms with Crippen molar-refractivity contribution in [2.75, 3.05) is 18.8 Å². The number of carbonyl (C=O) groups excluding carboxylic acids is 1. The third-order valence-corrected chi connectivity index (χ3v) is 5.85.